The van der Waals surface area contributed by atoms with Crippen molar-refractivity contribution in [2.24, 2.45) is 7.05 Å². The van der Waals surface area contributed by atoms with Crippen molar-refractivity contribution in [1.82, 2.24) is 24.6 Å². The summed E-state index contributed by atoms with van der Waals surface area (Å²) in [5.41, 5.74) is 12.4. The standard InChI is InChI=1S/C34H37F2N7S/c1-6-8-26-39-31-29-22(18(2)27(30(31)36)23-10-11-24(35)32-28(23)19(3)33(37)44-32)9-7-15-43(34(29)40-26)21-13-16-42(17-21)20(4)25-12-14-38-41(25)5/h10-12,14,21H,4,6-9,13,15-17,37H2,1-3,5H3. The molecule has 2 N–H and O–H groups in total. The van der Waals surface area contributed by atoms with Gasteiger partial charge < -0.3 is 15.5 Å². The molecule has 7 nitrogen and oxygen atoms in total. The molecule has 1 unspecified atom stereocenters. The Hall–Kier alpha value is -4.05. The number of nitrogens with zero attached hydrogens (tertiary/aromatic N) is 6. The smallest absolute Gasteiger partial charge is 0.157 e. The SMILES string of the molecule is C=C(c1ccnn1C)N1CCC(N2CCCc3c(C)c(-c4ccc(F)c5sc(N)c(C)c45)c(F)c4nc(CCC)nc2c34)C1. The summed E-state index contributed by atoms with van der Waals surface area (Å²) >= 11 is 1.21. The maximum absolute atomic E-state index is 17.1. The third kappa shape index (κ3) is 4.37. The van der Waals surface area contributed by atoms with Crippen LogP contribution >= 0.6 is 11.3 Å². The number of benzene rings is 2. The lowest BCUT2D eigenvalue weighted by atomic mass is 9.88. The molecule has 10 heteroatoms. The van der Waals surface area contributed by atoms with Gasteiger partial charge in [-0.3, -0.25) is 4.68 Å². The lowest BCUT2D eigenvalue weighted by Gasteiger charge is -2.31. The van der Waals surface area contributed by atoms with Crippen LogP contribution in [0, 0.1) is 25.5 Å². The third-order valence-corrected chi connectivity index (χ3v) is 10.6. The van der Waals surface area contributed by atoms with E-state index in [9.17, 15) is 4.39 Å². The van der Waals surface area contributed by atoms with Gasteiger partial charge in [-0.05, 0) is 73.9 Å². The van der Waals surface area contributed by atoms with E-state index in [0.717, 1.165) is 84.6 Å². The topological polar surface area (TPSA) is 76.1 Å². The first-order valence-corrected chi connectivity index (χ1v) is 16.2. The van der Waals surface area contributed by atoms with Gasteiger partial charge in [0.2, 0.25) is 0 Å². The van der Waals surface area contributed by atoms with E-state index in [0.29, 0.717) is 44.0 Å². The summed E-state index contributed by atoms with van der Waals surface area (Å²) in [6.45, 7) is 12.8. The molecule has 2 aliphatic rings. The van der Waals surface area contributed by atoms with Crippen molar-refractivity contribution in [2.45, 2.75) is 58.9 Å². The van der Waals surface area contributed by atoms with Crippen molar-refractivity contribution >= 4 is 48.8 Å². The van der Waals surface area contributed by atoms with Crippen LogP contribution in [-0.4, -0.2) is 50.3 Å². The number of halogens is 2. The summed E-state index contributed by atoms with van der Waals surface area (Å²) in [6, 6.07) is 5.32. The summed E-state index contributed by atoms with van der Waals surface area (Å²) in [4.78, 5) is 14.7. The Kier molecular flexibility index (Phi) is 7.07. The molecule has 1 atom stereocenters. The molecule has 0 radical (unpaired) electrons. The van der Waals surface area contributed by atoms with E-state index in [-0.39, 0.29) is 17.7 Å². The highest BCUT2D eigenvalue weighted by atomic mass is 32.1. The first-order chi connectivity index (χ1) is 21.2. The highest BCUT2D eigenvalue weighted by Crippen LogP contribution is 2.46. The summed E-state index contributed by atoms with van der Waals surface area (Å²) in [5, 5.41) is 6.36. The molecule has 2 aromatic carbocycles. The monoisotopic (exact) mass is 613 g/mol. The number of nitrogen functional groups attached to an aromatic ring is 1. The zero-order chi connectivity index (χ0) is 30.9. The second-order valence-electron chi connectivity index (χ2n) is 12.1. The fourth-order valence-electron chi connectivity index (χ4n) is 7.22. The number of hydrogen-bond acceptors (Lipinski definition) is 7. The Morgan fingerprint density at radius 1 is 1.11 bits per heavy atom. The molecule has 0 amide bonds. The number of rotatable bonds is 6. The quantitative estimate of drug-likeness (QED) is 0.219. The van der Waals surface area contributed by atoms with Gasteiger partial charge in [-0.25, -0.2) is 18.7 Å². The molecule has 2 aliphatic heterocycles. The van der Waals surface area contributed by atoms with Gasteiger partial charge in [-0.1, -0.05) is 19.6 Å². The van der Waals surface area contributed by atoms with Crippen LogP contribution in [0.15, 0.2) is 31.0 Å². The van der Waals surface area contributed by atoms with E-state index in [2.05, 4.69) is 28.4 Å². The summed E-state index contributed by atoms with van der Waals surface area (Å²) < 4.78 is 34.3. The fourth-order valence-corrected chi connectivity index (χ4v) is 8.23. The van der Waals surface area contributed by atoms with Crippen LogP contribution in [0.4, 0.5) is 19.6 Å². The van der Waals surface area contributed by atoms with Gasteiger partial charge >= 0.3 is 0 Å². The summed E-state index contributed by atoms with van der Waals surface area (Å²) in [7, 11) is 1.93. The van der Waals surface area contributed by atoms with Gasteiger partial charge in [-0.15, -0.1) is 11.3 Å². The van der Waals surface area contributed by atoms with Crippen LogP contribution in [0.1, 0.15) is 54.4 Å². The number of aryl methyl sites for hydroxylation is 4. The highest BCUT2D eigenvalue weighted by molar-refractivity contribution is 7.23. The van der Waals surface area contributed by atoms with E-state index in [4.69, 9.17) is 15.7 Å². The summed E-state index contributed by atoms with van der Waals surface area (Å²) in [5.74, 6) is 0.764. The zero-order valence-corrected chi connectivity index (χ0v) is 26.5. The summed E-state index contributed by atoms with van der Waals surface area (Å²) in [6.07, 6.45) is 5.94. The van der Waals surface area contributed by atoms with Gasteiger partial charge in [0.15, 0.2) is 5.82 Å². The molecule has 0 bridgehead atoms. The predicted octanol–water partition coefficient (Wildman–Crippen LogP) is 7.17. The van der Waals surface area contributed by atoms with Crippen LogP contribution in [-0.2, 0) is 19.9 Å². The molecule has 3 aromatic heterocycles. The number of hydrogen-bond donors (Lipinski definition) is 1. The van der Waals surface area contributed by atoms with E-state index in [1.807, 2.05) is 31.6 Å². The maximum Gasteiger partial charge on any atom is 0.157 e. The molecule has 1 saturated heterocycles. The average molecular weight is 614 g/mol. The number of anilines is 2. The lowest BCUT2D eigenvalue weighted by molar-refractivity contribution is 0.471. The number of aromatic nitrogens is 4. The maximum atomic E-state index is 17.1. The van der Waals surface area contributed by atoms with Crippen LogP contribution in [0.5, 0.6) is 0 Å². The highest BCUT2D eigenvalue weighted by Gasteiger charge is 2.35. The lowest BCUT2D eigenvalue weighted by Crippen LogP contribution is -2.38. The predicted molar refractivity (Wildman–Crippen MR) is 176 cm³/mol. The third-order valence-electron chi connectivity index (χ3n) is 9.50. The molecule has 0 aliphatic carbocycles. The second-order valence-corrected chi connectivity index (χ2v) is 13.1. The Morgan fingerprint density at radius 3 is 2.68 bits per heavy atom. The van der Waals surface area contributed by atoms with E-state index in [1.165, 1.54) is 17.4 Å². The molecule has 228 valence electrons. The number of thiophene rings is 1. The average Bonchev–Trinajstić information content (AvgIpc) is 3.70. The first-order valence-electron chi connectivity index (χ1n) is 15.4. The van der Waals surface area contributed by atoms with Gasteiger partial charge in [0.05, 0.1) is 21.1 Å². The Labute approximate surface area is 260 Å². The van der Waals surface area contributed by atoms with E-state index < -0.39 is 0 Å². The molecule has 44 heavy (non-hydrogen) atoms. The van der Waals surface area contributed by atoms with Crippen LogP contribution in [0.25, 0.3) is 37.8 Å². The van der Waals surface area contributed by atoms with E-state index in [1.54, 1.807) is 12.3 Å². The van der Waals surface area contributed by atoms with E-state index >= 15 is 4.39 Å². The largest absolute Gasteiger partial charge is 0.390 e. The van der Waals surface area contributed by atoms with Crippen molar-refractivity contribution in [1.29, 1.82) is 0 Å². The van der Waals surface area contributed by atoms with Crippen molar-refractivity contribution in [2.75, 3.05) is 30.3 Å². The zero-order valence-electron chi connectivity index (χ0n) is 25.7. The minimum Gasteiger partial charge on any atom is -0.390 e. The van der Waals surface area contributed by atoms with Crippen molar-refractivity contribution in [3.05, 3.63) is 70.8 Å². The Bertz CT molecular complexity index is 1960. The van der Waals surface area contributed by atoms with Crippen molar-refractivity contribution < 1.29 is 8.78 Å². The second kappa shape index (κ2) is 10.8. The minimum atomic E-state index is -0.376. The fraction of sp³-hybridized carbons (Fsp3) is 0.382. The van der Waals surface area contributed by atoms with Crippen molar-refractivity contribution in [3.8, 4) is 11.1 Å². The van der Waals surface area contributed by atoms with Gasteiger partial charge in [0, 0.05) is 61.7 Å². The van der Waals surface area contributed by atoms with Crippen molar-refractivity contribution in [3.63, 3.8) is 0 Å². The van der Waals surface area contributed by atoms with Gasteiger partial charge in [0.1, 0.15) is 23.0 Å². The van der Waals surface area contributed by atoms with Gasteiger partial charge in [-0.2, -0.15) is 5.10 Å². The molecule has 0 spiro atoms. The molecular formula is C34H37F2N7S. The molecule has 1 fully saturated rings. The van der Waals surface area contributed by atoms with Gasteiger partial charge in [0.25, 0.3) is 0 Å². The normalized spacial score (nSPS) is 16.8. The molecule has 5 aromatic rings. The Morgan fingerprint density at radius 2 is 1.93 bits per heavy atom. The minimum absolute atomic E-state index is 0.203. The van der Waals surface area contributed by atoms with Crippen LogP contribution in [0.2, 0.25) is 0 Å². The molecular weight excluding hydrogens is 576 g/mol. The van der Waals surface area contributed by atoms with Crippen LogP contribution in [0.3, 0.4) is 0 Å². The molecule has 5 heterocycles. The molecule has 7 rings (SSSR count). The Balaban J connectivity index is 1.39. The number of likely N-dealkylation sites (tertiary alicyclic amines) is 1. The molecule has 0 saturated carbocycles. The first kappa shape index (κ1) is 28.7. The van der Waals surface area contributed by atoms with Crippen LogP contribution < -0.4 is 10.6 Å². The number of nitrogens with two attached hydrogens (primary N) is 1. The number of fused-ring (bicyclic) bond motifs is 1.